The number of aromatic nitrogens is 6. The third kappa shape index (κ3) is 40.2. The van der Waals surface area contributed by atoms with Crippen molar-refractivity contribution in [2.75, 3.05) is 27.4 Å². The van der Waals surface area contributed by atoms with E-state index in [0.29, 0.717) is 10.6 Å². The number of methoxy groups -OCH3 is 2. The Morgan fingerprint density at radius 2 is 1.24 bits per heavy atom. The Morgan fingerprint density at radius 3 is 1.59 bits per heavy atom. The minimum absolute atomic E-state index is 0. The molecule has 3 aliphatic rings. The van der Waals surface area contributed by atoms with Crippen molar-refractivity contribution in [1.29, 1.82) is 0 Å². The van der Waals surface area contributed by atoms with Crippen LogP contribution in [0.3, 0.4) is 0 Å². The van der Waals surface area contributed by atoms with Crippen molar-refractivity contribution in [3.63, 3.8) is 0 Å². The molecule has 95 heavy (non-hydrogen) atoms. The van der Waals surface area contributed by atoms with Crippen LogP contribution in [0, 0.1) is 14.9 Å². The summed E-state index contributed by atoms with van der Waals surface area (Å²) in [6, 6.07) is -2.19. The molecule has 3 aromatic heterocycles. The van der Waals surface area contributed by atoms with Crippen molar-refractivity contribution < 1.29 is 204 Å². The minimum Gasteiger partial charge on any atom is -0.780 e. The summed E-state index contributed by atoms with van der Waals surface area (Å²) >= 11 is 0. The van der Waals surface area contributed by atoms with Crippen molar-refractivity contribution in [2.45, 2.75) is 74.0 Å². The predicted octanol–water partition coefficient (Wildman–Crippen LogP) is -19.6. The molecule has 22 N–H and O–H groups in total. The maximum absolute atomic E-state index is 11.8. The van der Waals surface area contributed by atoms with E-state index in [9.17, 15) is 127 Å². The van der Waals surface area contributed by atoms with Crippen LogP contribution in [0.1, 0.15) is 49.1 Å². The summed E-state index contributed by atoms with van der Waals surface area (Å²) in [4.78, 5) is 212. The molecule has 4 unspecified atom stereocenters. The molecule has 3 aromatic rings. The van der Waals surface area contributed by atoms with E-state index in [1.165, 1.54) is 20.4 Å². The van der Waals surface area contributed by atoms with Gasteiger partial charge in [0.1, 0.15) is 44.4 Å². The zero-order chi connectivity index (χ0) is 70.5. The number of imide groups is 1. The largest absolute Gasteiger partial charge is 0.780 e. The number of carboxylic acids is 5. The summed E-state index contributed by atoms with van der Waals surface area (Å²) in [6.45, 7) is -0.166. The number of carbonyl (C=O) groups excluding carboxylic acids is 11. The smallest absolute Gasteiger partial charge is 0.407 e. The molecule has 2 radical (unpaired) electrons. The molecule has 0 aliphatic carbocycles. The first-order chi connectivity index (χ1) is 41.8. The van der Waals surface area contributed by atoms with Crippen LogP contribution in [0.2, 0.25) is 0 Å². The van der Waals surface area contributed by atoms with Crippen molar-refractivity contribution in [3.8, 4) is 0 Å². The Morgan fingerprint density at radius 1 is 0.789 bits per heavy atom. The Balaban J connectivity index is -0.000000115. The van der Waals surface area contributed by atoms with E-state index in [1.807, 2.05) is 30.6 Å². The first kappa shape index (κ1) is 102. The van der Waals surface area contributed by atoms with Crippen molar-refractivity contribution in [2.24, 2.45) is 11.5 Å². The molecule has 6 heterocycles. The first-order valence-corrected chi connectivity index (χ1v) is 23.7. The van der Waals surface area contributed by atoms with Crippen LogP contribution < -0.4 is 96.6 Å². The molecular formula is C41H59Co2N11O40P-9. The molecule has 51 nitrogen and oxygen atoms in total. The van der Waals surface area contributed by atoms with Crippen LogP contribution in [0.4, 0.5) is 14.4 Å². The number of amides is 6. The number of nitrogens with two attached hydrogens (primary N) is 2. The monoisotopic (exact) mass is 1500 g/mol. The Hall–Kier alpha value is -9.60. The van der Waals surface area contributed by atoms with E-state index < -0.39 is 174 Å². The van der Waals surface area contributed by atoms with Gasteiger partial charge in [-0.1, -0.05) is 0 Å². The SMILES string of the molecule is COC[C@H]1O[C@@H](n2c(C(=O)[O-])cc(=O)[nH]c2=O)C(O)[C@H]1O.COC[C@H]1O[C@@H](n2ccc(=O)[nH]c2=O)C(O)[C@H]1O.NC(=O)NC(CC(=O)O)C(=O)[O-].NC(=O)OP(=O)([O-])[O-].O.O.O=C([O-])c1cc(=O)[nH]c(=O)[nH]1.O=C1CC(C(=O)[O-])NC(=O)N1.O=C=O.O=CO[O-].[2HH].[2H]O.[CH3-].[CH3-].[Co].[Co]. The van der Waals surface area contributed by atoms with Crippen LogP contribution in [0.15, 0.2) is 53.2 Å². The van der Waals surface area contributed by atoms with Crippen LogP contribution in [0.5, 0.6) is 0 Å². The fourth-order valence-corrected chi connectivity index (χ4v) is 6.25. The number of aliphatic hydroxyl groups is 4. The number of rotatable bonds is 15. The third-order valence-electron chi connectivity index (χ3n) is 9.33. The van der Waals surface area contributed by atoms with Crippen LogP contribution >= 0.6 is 7.82 Å². The molecule has 0 aromatic carbocycles. The number of nitrogens with zero attached hydrogens (tertiary/aromatic N) is 2. The molecular weight excluding hydrogens is 1440 g/mol. The topological polar surface area (TPSA) is 898 Å². The van der Waals surface area contributed by atoms with E-state index in [4.69, 9.17) is 50.6 Å². The van der Waals surface area contributed by atoms with Gasteiger partial charge in [0.25, 0.3) is 23.2 Å². The first-order valence-electron chi connectivity index (χ1n) is 22.7. The zero-order valence-corrected chi connectivity index (χ0v) is 50.9. The van der Waals surface area contributed by atoms with Crippen molar-refractivity contribution in [1.82, 2.24) is 45.0 Å². The van der Waals surface area contributed by atoms with Crippen LogP contribution in [0.25, 0.3) is 0 Å². The number of phosphoric acid groups is 1. The van der Waals surface area contributed by atoms with Gasteiger partial charge >= 0.3 is 47.3 Å². The number of phosphoric ester groups is 1. The summed E-state index contributed by atoms with van der Waals surface area (Å²) in [7, 11) is -2.42. The standard InChI is InChI=1S/C11H14N2O8.C10H14N2O6.C5H8N2O5.C5H6N2O4.C5H4N2O4.CH4NO5P.CH2O3.CO2.2CH3.2Co.3H2O.H2/c1-20-3-5-7(15)8(16)9(21-5)13-4(10(17)18)2-6(14)12-11(13)19;1-17-4-5-7(14)8(15)9(18-5)12-3-2-6(13)11-10(12)16;6-5(12)7-2(4(10)11)1-3(8)9;2*8-3-1-2(4(9)10)6-5(11)7-3;2-1(3)7-8(4,5)6;2-1-4-3;2-1-3;;;;;;;;/h2,5,7-9,15-16H,3H2,1H3,(H,17,18)(H,12,14,19);2-3,5,7-9,14-15H,4H2,1H3,(H,11,13,16);2H,1H2,(H,8,9)(H,10,11)(H3,6,7,12);2H,1H2,(H,9,10)(H2,6,7,8,11);1H,(H,9,10)(H2,6,7,8,11);(H2,2,3)(H2,4,5,6);1,3H;;2*1H3;;;3*1H2;1H/q;;;;;;;;2*-1;;;;;;/p-7/t2*5-,7+,8?,9-;;;;;;;;;;;;;;/m11............../s1/i;;;;;;;;;;;;;;;1+1/hD. The van der Waals surface area contributed by atoms with Crippen LogP contribution in [-0.2, 0) is 100 Å². The molecule has 550 valence electrons. The summed E-state index contributed by atoms with van der Waals surface area (Å²) in [5, 5.41) is 103. The van der Waals surface area contributed by atoms with Crippen molar-refractivity contribution >= 4 is 74.4 Å². The number of aromatic carboxylic acids is 2. The second-order valence-corrected chi connectivity index (χ2v) is 16.6. The van der Waals surface area contributed by atoms with Gasteiger partial charge in [-0.2, -0.15) is 9.59 Å². The van der Waals surface area contributed by atoms with E-state index in [1.54, 1.807) is 5.32 Å². The van der Waals surface area contributed by atoms with Gasteiger partial charge in [-0.25, -0.2) is 28.8 Å². The number of aliphatic carboxylic acids is 3. The number of nitrogens with one attached hydrogen (secondary N) is 7. The molecule has 0 spiro atoms. The Bertz CT molecular complexity index is 3320. The maximum atomic E-state index is 11.8. The summed E-state index contributed by atoms with van der Waals surface area (Å²) in [5.74, 6) is -8.49. The summed E-state index contributed by atoms with van der Waals surface area (Å²) < 4.78 is 38.9. The molecule has 0 bridgehead atoms. The number of hydrogen-bond donors (Lipinski definition) is 14. The predicted molar refractivity (Wildman–Crippen MR) is 275 cm³/mol. The number of H-pyrrole nitrogens is 4. The molecule has 0 saturated carbocycles. The average molecular weight is 1500 g/mol. The van der Waals surface area contributed by atoms with Gasteiger partial charge < -0.3 is 171 Å². The Labute approximate surface area is 548 Å². The van der Waals surface area contributed by atoms with E-state index >= 15 is 0 Å². The number of carbonyl (C=O) groups is 10. The molecule has 54 heteroatoms. The zero-order valence-electron chi connectivity index (χ0n) is 48.9. The van der Waals surface area contributed by atoms with Crippen LogP contribution in [-0.4, -0.2) is 214 Å². The van der Waals surface area contributed by atoms with E-state index in [2.05, 4.69) is 20.9 Å². The fraction of sp³-hybridized carbons (Fsp3) is 0.390. The number of aliphatic hydroxyl groups excluding tert-OH is 4. The van der Waals surface area contributed by atoms with Gasteiger partial charge in [0.15, 0.2) is 12.5 Å². The third-order valence-corrected chi connectivity index (χ3v) is 9.74. The molecule has 3 fully saturated rings. The van der Waals surface area contributed by atoms with Gasteiger partial charge in [-0.15, -0.1) is 0 Å². The van der Waals surface area contributed by atoms with E-state index in [0.717, 1.165) is 16.7 Å². The number of urea groups is 2. The van der Waals surface area contributed by atoms with Gasteiger partial charge in [0.05, 0.1) is 73.4 Å². The number of hydrogen-bond acceptors (Lipinski definition) is 36. The van der Waals surface area contributed by atoms with Gasteiger partial charge in [-0.05, 0) is 0 Å². The second-order valence-electron chi connectivity index (χ2n) is 15.5. The number of ether oxygens (including phenoxy) is 4. The molecule has 10 atom stereocenters. The molecule has 3 saturated heterocycles. The second kappa shape index (κ2) is 51.9. The normalized spacial score (nSPS) is 19.0. The quantitative estimate of drug-likeness (QED) is 0.0221. The van der Waals surface area contributed by atoms with E-state index in [-0.39, 0.29) is 93.0 Å². The summed E-state index contributed by atoms with van der Waals surface area (Å²) in [6.07, 6.45) is -10.8. The van der Waals surface area contributed by atoms with Gasteiger partial charge in [-0.3, -0.25) is 58.2 Å². The minimum atomic E-state index is -5.20. The Kier molecular flexibility index (Phi) is 55.4. The average Bonchev–Trinajstić information content (AvgIpc) is 1.70. The molecule has 3 aliphatic heterocycles. The fourth-order valence-electron chi connectivity index (χ4n) is 6.03. The van der Waals surface area contributed by atoms with Gasteiger partial charge in [0, 0.05) is 73.6 Å². The molecule has 6 amide bonds. The van der Waals surface area contributed by atoms with Crippen molar-refractivity contribution in [3.05, 3.63) is 113 Å². The van der Waals surface area contributed by atoms with Gasteiger partial charge in [0.2, 0.25) is 7.34 Å². The number of primary amides is 2. The molecule has 6 rings (SSSR count). The maximum Gasteiger partial charge on any atom is 0.407 e. The number of aromatic amines is 4. The summed E-state index contributed by atoms with van der Waals surface area (Å²) in [5.41, 5.74) is 8.75. The number of carboxylic acid groups (broad SMARTS) is 5.